The van der Waals surface area contributed by atoms with Crippen molar-refractivity contribution in [3.05, 3.63) is 0 Å². The van der Waals surface area contributed by atoms with Crippen LogP contribution in [0.2, 0.25) is 0 Å². The fourth-order valence-corrected chi connectivity index (χ4v) is 2.37. The zero-order valence-electron chi connectivity index (χ0n) is 11.6. The third-order valence-corrected chi connectivity index (χ3v) is 3.79. The topological polar surface area (TPSA) is 59.0 Å². The first-order valence-electron chi connectivity index (χ1n) is 6.64. The molecule has 2 unspecified atom stereocenters. The van der Waals surface area contributed by atoms with Gasteiger partial charge in [-0.25, -0.2) is 0 Å². The summed E-state index contributed by atoms with van der Waals surface area (Å²) in [6.07, 6.45) is 2.16. The van der Waals surface area contributed by atoms with E-state index >= 15 is 0 Å². The maximum Gasteiger partial charge on any atom is 0.309 e. The molecular weight excluding hydrogens is 234 g/mol. The first kappa shape index (κ1) is 15.4. The Kier molecular flexibility index (Phi) is 6.60. The number of aliphatic hydroxyl groups excluding tert-OH is 1. The molecule has 5 nitrogen and oxygen atoms in total. The highest BCUT2D eigenvalue weighted by atomic mass is 16.5. The van der Waals surface area contributed by atoms with E-state index in [1.165, 1.54) is 7.11 Å². The van der Waals surface area contributed by atoms with Crippen molar-refractivity contribution in [2.75, 3.05) is 33.4 Å². The highest BCUT2D eigenvalue weighted by Crippen LogP contribution is 2.20. The first-order valence-corrected chi connectivity index (χ1v) is 6.64. The van der Waals surface area contributed by atoms with Crippen molar-refractivity contribution in [2.24, 2.45) is 5.92 Å². The lowest BCUT2D eigenvalue weighted by Gasteiger charge is -2.37. The Morgan fingerprint density at radius 3 is 2.50 bits per heavy atom. The summed E-state index contributed by atoms with van der Waals surface area (Å²) in [6, 6.07) is 0.191. The molecule has 0 amide bonds. The Labute approximate surface area is 109 Å². The summed E-state index contributed by atoms with van der Waals surface area (Å²) in [5.74, 6) is -0.258. The molecule has 1 aliphatic heterocycles. The number of carbonyl (C=O) groups is 1. The van der Waals surface area contributed by atoms with Crippen LogP contribution in [0.3, 0.4) is 0 Å². The van der Waals surface area contributed by atoms with Gasteiger partial charge in [0.2, 0.25) is 0 Å². The standard InChI is InChI=1S/C13H25NO4/c1-10(13(16)17-3)11(2)14-6-4-12(5-7-14)18-9-8-15/h10-12,15H,4-9H2,1-3H3. The van der Waals surface area contributed by atoms with Crippen LogP contribution < -0.4 is 0 Å². The van der Waals surface area contributed by atoms with Crippen LogP contribution in [0.15, 0.2) is 0 Å². The predicted molar refractivity (Wildman–Crippen MR) is 68.3 cm³/mol. The number of likely N-dealkylation sites (tertiary alicyclic amines) is 1. The molecule has 1 N–H and O–H groups in total. The van der Waals surface area contributed by atoms with Gasteiger partial charge in [0.05, 0.1) is 32.3 Å². The number of hydrogen-bond acceptors (Lipinski definition) is 5. The third-order valence-electron chi connectivity index (χ3n) is 3.79. The van der Waals surface area contributed by atoms with Crippen LogP contribution in [0.4, 0.5) is 0 Å². The SMILES string of the molecule is COC(=O)C(C)C(C)N1CCC(OCCO)CC1. The zero-order chi connectivity index (χ0) is 13.5. The summed E-state index contributed by atoms with van der Waals surface area (Å²) in [4.78, 5) is 13.8. The molecule has 0 aromatic carbocycles. The Bertz CT molecular complexity index is 251. The fraction of sp³-hybridized carbons (Fsp3) is 0.923. The highest BCUT2D eigenvalue weighted by molar-refractivity contribution is 5.72. The molecule has 1 aliphatic rings. The van der Waals surface area contributed by atoms with Gasteiger partial charge in [0.1, 0.15) is 0 Å². The van der Waals surface area contributed by atoms with Crippen molar-refractivity contribution in [3.8, 4) is 0 Å². The fourth-order valence-electron chi connectivity index (χ4n) is 2.37. The number of ether oxygens (including phenoxy) is 2. The lowest BCUT2D eigenvalue weighted by atomic mass is 9.98. The van der Waals surface area contributed by atoms with E-state index in [1.807, 2.05) is 6.92 Å². The average Bonchev–Trinajstić information content (AvgIpc) is 2.43. The van der Waals surface area contributed by atoms with Gasteiger partial charge in [-0.05, 0) is 19.8 Å². The second-order valence-electron chi connectivity index (χ2n) is 4.88. The minimum atomic E-state index is -0.152. The number of esters is 1. The molecule has 1 fully saturated rings. The number of methoxy groups -OCH3 is 1. The van der Waals surface area contributed by atoms with Crippen LogP contribution in [0.1, 0.15) is 26.7 Å². The molecule has 1 saturated heterocycles. The van der Waals surface area contributed by atoms with E-state index in [-0.39, 0.29) is 30.6 Å². The van der Waals surface area contributed by atoms with Crippen molar-refractivity contribution in [2.45, 2.75) is 38.8 Å². The minimum Gasteiger partial charge on any atom is -0.469 e. The van der Waals surface area contributed by atoms with Crippen molar-refractivity contribution >= 4 is 5.97 Å². The summed E-state index contributed by atoms with van der Waals surface area (Å²) in [6.45, 7) is 6.33. The summed E-state index contributed by atoms with van der Waals surface area (Å²) < 4.78 is 10.3. The molecule has 0 bridgehead atoms. The molecule has 2 atom stereocenters. The molecule has 5 heteroatoms. The molecule has 0 spiro atoms. The molecule has 1 rings (SSSR count). The molecule has 18 heavy (non-hydrogen) atoms. The van der Waals surface area contributed by atoms with Crippen LogP contribution >= 0.6 is 0 Å². The van der Waals surface area contributed by atoms with Crippen LogP contribution in [0, 0.1) is 5.92 Å². The van der Waals surface area contributed by atoms with Crippen LogP contribution in [0.25, 0.3) is 0 Å². The van der Waals surface area contributed by atoms with Crippen LogP contribution in [-0.2, 0) is 14.3 Å². The maximum atomic E-state index is 11.5. The third kappa shape index (κ3) is 4.23. The van der Waals surface area contributed by atoms with Gasteiger partial charge in [0, 0.05) is 19.1 Å². The quantitative estimate of drug-likeness (QED) is 0.710. The Balaban J connectivity index is 2.35. The number of hydrogen-bond donors (Lipinski definition) is 1. The Morgan fingerprint density at radius 2 is 2.00 bits per heavy atom. The smallest absolute Gasteiger partial charge is 0.309 e. The second kappa shape index (κ2) is 7.71. The second-order valence-corrected chi connectivity index (χ2v) is 4.88. The highest BCUT2D eigenvalue weighted by Gasteiger charge is 2.29. The average molecular weight is 259 g/mol. The molecule has 0 aromatic heterocycles. The molecule has 0 aromatic rings. The molecule has 0 aliphatic carbocycles. The number of carbonyl (C=O) groups excluding carboxylic acids is 1. The zero-order valence-corrected chi connectivity index (χ0v) is 11.6. The van der Waals surface area contributed by atoms with E-state index in [4.69, 9.17) is 14.6 Å². The first-order chi connectivity index (χ1) is 8.60. The lowest BCUT2D eigenvalue weighted by Crippen LogP contribution is -2.46. The summed E-state index contributed by atoms with van der Waals surface area (Å²) in [7, 11) is 1.43. The van der Waals surface area contributed by atoms with Crippen LogP contribution in [0.5, 0.6) is 0 Å². The van der Waals surface area contributed by atoms with E-state index in [2.05, 4.69) is 11.8 Å². The van der Waals surface area contributed by atoms with Gasteiger partial charge >= 0.3 is 5.97 Å². The van der Waals surface area contributed by atoms with Gasteiger partial charge in [-0.2, -0.15) is 0 Å². The normalized spacial score (nSPS) is 21.6. The van der Waals surface area contributed by atoms with E-state index in [0.29, 0.717) is 6.61 Å². The van der Waals surface area contributed by atoms with Gasteiger partial charge < -0.3 is 14.6 Å². The Hall–Kier alpha value is -0.650. The van der Waals surface area contributed by atoms with Crippen molar-refractivity contribution in [1.82, 2.24) is 4.90 Å². The van der Waals surface area contributed by atoms with Gasteiger partial charge in [0.15, 0.2) is 0 Å². The lowest BCUT2D eigenvalue weighted by molar-refractivity contribution is -0.147. The van der Waals surface area contributed by atoms with Gasteiger partial charge in [0.25, 0.3) is 0 Å². The molecule has 0 radical (unpaired) electrons. The number of piperidine rings is 1. The van der Waals surface area contributed by atoms with E-state index in [9.17, 15) is 4.79 Å². The van der Waals surface area contributed by atoms with Crippen molar-refractivity contribution in [3.63, 3.8) is 0 Å². The van der Waals surface area contributed by atoms with Gasteiger partial charge in [-0.15, -0.1) is 0 Å². The Morgan fingerprint density at radius 1 is 1.39 bits per heavy atom. The largest absolute Gasteiger partial charge is 0.469 e. The summed E-state index contributed by atoms with van der Waals surface area (Å²) >= 11 is 0. The minimum absolute atomic E-state index is 0.0794. The van der Waals surface area contributed by atoms with E-state index in [1.54, 1.807) is 0 Å². The summed E-state index contributed by atoms with van der Waals surface area (Å²) in [5, 5.41) is 8.71. The molecule has 0 saturated carbocycles. The van der Waals surface area contributed by atoms with Crippen molar-refractivity contribution in [1.29, 1.82) is 0 Å². The number of aliphatic hydroxyl groups is 1. The molecule has 1 heterocycles. The molecular formula is C13H25NO4. The maximum absolute atomic E-state index is 11.5. The predicted octanol–water partition coefficient (Wildman–Crippen LogP) is 0.657. The molecule has 106 valence electrons. The number of nitrogens with zero attached hydrogens (tertiary/aromatic N) is 1. The monoisotopic (exact) mass is 259 g/mol. The van der Waals surface area contributed by atoms with Gasteiger partial charge in [-0.1, -0.05) is 6.92 Å². The van der Waals surface area contributed by atoms with Gasteiger partial charge in [-0.3, -0.25) is 9.69 Å². The summed E-state index contributed by atoms with van der Waals surface area (Å²) in [5.41, 5.74) is 0. The van der Waals surface area contributed by atoms with Crippen molar-refractivity contribution < 1.29 is 19.4 Å². The number of rotatable bonds is 6. The van der Waals surface area contributed by atoms with E-state index in [0.717, 1.165) is 25.9 Å². The van der Waals surface area contributed by atoms with Crippen LogP contribution in [-0.4, -0.2) is 61.5 Å². The van der Waals surface area contributed by atoms with E-state index < -0.39 is 0 Å².